The molecule has 1 fully saturated rings. The Bertz CT molecular complexity index is 564. The lowest BCUT2D eigenvalue weighted by Gasteiger charge is -2.34. The van der Waals surface area contributed by atoms with Gasteiger partial charge in [-0.1, -0.05) is 11.6 Å². The Kier molecular flexibility index (Phi) is 5.02. The van der Waals surface area contributed by atoms with E-state index in [9.17, 15) is 22.4 Å². The van der Waals surface area contributed by atoms with Crippen molar-refractivity contribution >= 4 is 40.1 Å². The van der Waals surface area contributed by atoms with Crippen molar-refractivity contribution in [1.82, 2.24) is 4.90 Å². The first kappa shape index (κ1) is 16.8. The van der Waals surface area contributed by atoms with Crippen molar-refractivity contribution in [3.8, 4) is 0 Å². The number of benzene rings is 1. The summed E-state index contributed by atoms with van der Waals surface area (Å²) in [6, 6.07) is 2.26. The standard InChI is InChI=1S/C13H11ClF4INO/c14-9-5-10(15)11(19)4-8(9)12(21)20-3-1-2-7(6-20)13(16,17)18/h4-5,7H,1-3,6H2. The van der Waals surface area contributed by atoms with Gasteiger partial charge in [-0.15, -0.1) is 0 Å². The molecule has 1 aliphatic rings. The number of likely N-dealkylation sites (tertiary alicyclic amines) is 1. The van der Waals surface area contributed by atoms with Crippen LogP contribution in [0.15, 0.2) is 12.1 Å². The monoisotopic (exact) mass is 435 g/mol. The molecule has 0 spiro atoms. The van der Waals surface area contributed by atoms with Gasteiger partial charge in [0.1, 0.15) is 5.82 Å². The molecule has 2 nitrogen and oxygen atoms in total. The molecule has 1 aromatic carbocycles. The Balaban J connectivity index is 2.22. The Hall–Kier alpha value is -0.570. The molecule has 1 amide bonds. The van der Waals surface area contributed by atoms with Gasteiger partial charge in [0.2, 0.25) is 0 Å². The van der Waals surface area contributed by atoms with Crippen molar-refractivity contribution < 1.29 is 22.4 Å². The number of carbonyl (C=O) groups is 1. The summed E-state index contributed by atoms with van der Waals surface area (Å²) >= 11 is 7.53. The Morgan fingerprint density at radius 1 is 1.38 bits per heavy atom. The quantitative estimate of drug-likeness (QED) is 0.361. The largest absolute Gasteiger partial charge is 0.393 e. The van der Waals surface area contributed by atoms with E-state index in [1.807, 2.05) is 0 Å². The lowest BCUT2D eigenvalue weighted by Crippen LogP contribution is -2.44. The summed E-state index contributed by atoms with van der Waals surface area (Å²) in [5, 5.41) is -0.0907. The second-order valence-electron chi connectivity index (χ2n) is 4.88. The molecular weight excluding hydrogens is 424 g/mol. The predicted molar refractivity (Wildman–Crippen MR) is 78.8 cm³/mol. The van der Waals surface area contributed by atoms with Gasteiger partial charge in [0.15, 0.2) is 0 Å². The van der Waals surface area contributed by atoms with E-state index in [0.717, 1.165) is 11.0 Å². The highest BCUT2D eigenvalue weighted by molar-refractivity contribution is 14.1. The lowest BCUT2D eigenvalue weighted by molar-refractivity contribution is -0.184. The molecule has 21 heavy (non-hydrogen) atoms. The molecule has 2 rings (SSSR count). The Morgan fingerprint density at radius 2 is 2.05 bits per heavy atom. The van der Waals surface area contributed by atoms with Gasteiger partial charge in [0.05, 0.1) is 16.5 Å². The number of nitrogens with zero attached hydrogens (tertiary/aromatic N) is 1. The smallest absolute Gasteiger partial charge is 0.338 e. The van der Waals surface area contributed by atoms with E-state index in [-0.39, 0.29) is 40.1 Å². The van der Waals surface area contributed by atoms with Gasteiger partial charge in [-0.3, -0.25) is 4.79 Å². The number of hydrogen-bond acceptors (Lipinski definition) is 1. The predicted octanol–water partition coefficient (Wildman–Crippen LogP) is 4.50. The zero-order valence-corrected chi connectivity index (χ0v) is 13.6. The fraction of sp³-hybridized carbons (Fsp3) is 0.462. The second-order valence-corrected chi connectivity index (χ2v) is 6.45. The van der Waals surface area contributed by atoms with Crippen molar-refractivity contribution in [3.05, 3.63) is 32.1 Å². The van der Waals surface area contributed by atoms with Gasteiger partial charge < -0.3 is 4.90 Å². The normalized spacial score (nSPS) is 19.7. The summed E-state index contributed by atoms with van der Waals surface area (Å²) in [5.74, 6) is -2.68. The molecule has 1 aromatic rings. The number of piperidine rings is 1. The van der Waals surface area contributed by atoms with Gasteiger partial charge >= 0.3 is 6.18 Å². The van der Waals surface area contributed by atoms with Gasteiger partial charge in [0, 0.05) is 16.7 Å². The second kappa shape index (κ2) is 6.28. The average molecular weight is 436 g/mol. The maximum absolute atomic E-state index is 13.3. The highest BCUT2D eigenvalue weighted by Crippen LogP contribution is 2.34. The van der Waals surface area contributed by atoms with Crippen LogP contribution in [0, 0.1) is 15.3 Å². The summed E-state index contributed by atoms with van der Waals surface area (Å²) in [7, 11) is 0. The number of amides is 1. The van der Waals surface area contributed by atoms with Crippen LogP contribution in [0.1, 0.15) is 23.2 Å². The first-order valence-corrected chi connectivity index (χ1v) is 7.66. The molecule has 0 N–H and O–H groups in total. The average Bonchev–Trinajstić information content (AvgIpc) is 2.41. The van der Waals surface area contributed by atoms with Gasteiger partial charge in [0.25, 0.3) is 5.91 Å². The molecule has 0 radical (unpaired) electrons. The molecule has 1 heterocycles. The maximum atomic E-state index is 13.3. The zero-order valence-electron chi connectivity index (χ0n) is 10.7. The van der Waals surface area contributed by atoms with E-state index in [2.05, 4.69) is 0 Å². The molecular formula is C13H11ClF4INO. The van der Waals surface area contributed by atoms with Crippen LogP contribution < -0.4 is 0 Å². The summed E-state index contributed by atoms with van der Waals surface area (Å²) in [4.78, 5) is 13.4. The number of carbonyl (C=O) groups excluding carboxylic acids is 1. The molecule has 1 atom stereocenters. The number of halogens is 6. The van der Waals surface area contributed by atoms with Crippen LogP contribution in [-0.4, -0.2) is 30.1 Å². The zero-order chi connectivity index (χ0) is 15.8. The first-order valence-electron chi connectivity index (χ1n) is 6.20. The van der Waals surface area contributed by atoms with Gasteiger partial charge in [-0.25, -0.2) is 4.39 Å². The molecule has 0 bridgehead atoms. The molecule has 0 aromatic heterocycles. The highest BCUT2D eigenvalue weighted by Gasteiger charge is 2.42. The molecule has 8 heteroatoms. The number of hydrogen-bond donors (Lipinski definition) is 0. The molecule has 0 saturated carbocycles. The summed E-state index contributed by atoms with van der Waals surface area (Å²) in [6.07, 6.45) is -4.02. The minimum Gasteiger partial charge on any atom is -0.338 e. The molecule has 1 saturated heterocycles. The third kappa shape index (κ3) is 3.80. The minimum absolute atomic E-state index is 0.0158. The van der Waals surface area contributed by atoms with E-state index in [4.69, 9.17) is 11.6 Å². The topological polar surface area (TPSA) is 20.3 Å². The SMILES string of the molecule is O=C(c1cc(I)c(F)cc1Cl)N1CCCC(C(F)(F)F)C1. The van der Waals surface area contributed by atoms with Crippen molar-refractivity contribution in [2.75, 3.05) is 13.1 Å². The number of rotatable bonds is 1. The third-order valence-corrected chi connectivity index (χ3v) is 4.55. The summed E-state index contributed by atoms with van der Waals surface area (Å²) < 4.78 is 51.8. The van der Waals surface area contributed by atoms with E-state index in [1.54, 1.807) is 22.6 Å². The van der Waals surface area contributed by atoms with E-state index < -0.39 is 23.8 Å². The first-order chi connectivity index (χ1) is 9.70. The fourth-order valence-corrected chi connectivity index (χ4v) is 2.98. The van der Waals surface area contributed by atoms with Crippen LogP contribution in [0.4, 0.5) is 17.6 Å². The van der Waals surface area contributed by atoms with Crippen LogP contribution in [0.2, 0.25) is 5.02 Å². The molecule has 1 aliphatic heterocycles. The fourth-order valence-electron chi connectivity index (χ4n) is 2.29. The maximum Gasteiger partial charge on any atom is 0.393 e. The van der Waals surface area contributed by atoms with Crippen LogP contribution in [0.5, 0.6) is 0 Å². The summed E-state index contributed by atoms with van der Waals surface area (Å²) in [5.41, 5.74) is 0.0327. The molecule has 0 aliphatic carbocycles. The van der Waals surface area contributed by atoms with E-state index in [1.165, 1.54) is 6.07 Å². The summed E-state index contributed by atoms with van der Waals surface area (Å²) in [6.45, 7) is -0.137. The van der Waals surface area contributed by atoms with Crippen LogP contribution in [0.3, 0.4) is 0 Å². The minimum atomic E-state index is -4.32. The van der Waals surface area contributed by atoms with Crippen molar-refractivity contribution in [1.29, 1.82) is 0 Å². The highest BCUT2D eigenvalue weighted by atomic mass is 127. The third-order valence-electron chi connectivity index (χ3n) is 3.41. The lowest BCUT2D eigenvalue weighted by atomic mass is 9.97. The van der Waals surface area contributed by atoms with Crippen LogP contribution in [-0.2, 0) is 0 Å². The van der Waals surface area contributed by atoms with Crippen LogP contribution >= 0.6 is 34.2 Å². The van der Waals surface area contributed by atoms with E-state index in [0.29, 0.717) is 0 Å². The molecule has 116 valence electrons. The number of alkyl halides is 3. The van der Waals surface area contributed by atoms with Crippen molar-refractivity contribution in [2.45, 2.75) is 19.0 Å². The molecule has 1 unspecified atom stereocenters. The van der Waals surface area contributed by atoms with Crippen molar-refractivity contribution in [3.63, 3.8) is 0 Å². The Labute approximate surface area is 137 Å². The van der Waals surface area contributed by atoms with E-state index >= 15 is 0 Å². The van der Waals surface area contributed by atoms with Gasteiger partial charge in [-0.05, 0) is 47.6 Å². The Morgan fingerprint density at radius 3 is 2.67 bits per heavy atom. The van der Waals surface area contributed by atoms with Crippen molar-refractivity contribution in [2.24, 2.45) is 5.92 Å². The van der Waals surface area contributed by atoms with Gasteiger partial charge in [-0.2, -0.15) is 13.2 Å². The van der Waals surface area contributed by atoms with Crippen LogP contribution in [0.25, 0.3) is 0 Å².